The van der Waals surface area contributed by atoms with Crippen LogP contribution >= 0.6 is 11.8 Å². The van der Waals surface area contributed by atoms with Crippen LogP contribution in [-0.2, 0) is 17.8 Å². The van der Waals surface area contributed by atoms with Crippen LogP contribution in [0.3, 0.4) is 0 Å². The Bertz CT molecular complexity index is 1640. The molecule has 9 heteroatoms. The van der Waals surface area contributed by atoms with Crippen molar-refractivity contribution in [1.82, 2.24) is 4.90 Å². The third-order valence-corrected chi connectivity index (χ3v) is 7.65. The van der Waals surface area contributed by atoms with Gasteiger partial charge < -0.3 is 9.47 Å². The molecule has 1 saturated heterocycles. The number of benzene rings is 4. The van der Waals surface area contributed by atoms with E-state index in [1.165, 1.54) is 23.9 Å². The molecule has 0 atom stereocenters. The summed E-state index contributed by atoms with van der Waals surface area (Å²) in [6.07, 6.45) is 2.55. The van der Waals surface area contributed by atoms with E-state index in [4.69, 9.17) is 14.5 Å². The molecule has 1 aliphatic heterocycles. The maximum atomic E-state index is 13.6. The summed E-state index contributed by atoms with van der Waals surface area (Å²) in [6.45, 7) is 2.76. The second-order valence-electron chi connectivity index (χ2n) is 9.66. The van der Waals surface area contributed by atoms with E-state index in [-0.39, 0.29) is 18.2 Å². The SMILES string of the molecule is COc1cc(/C=C2/SC(=Nc3ccc(C)cc3)N(CCc3ccccc3)C2=O)ccc1OCc1ccc([N+](=O)[O-])cc1. The van der Waals surface area contributed by atoms with Gasteiger partial charge >= 0.3 is 0 Å². The quantitative estimate of drug-likeness (QED) is 0.111. The fraction of sp³-hybridized carbons (Fsp3) is 0.152. The summed E-state index contributed by atoms with van der Waals surface area (Å²) in [5.74, 6) is 0.935. The summed E-state index contributed by atoms with van der Waals surface area (Å²) in [5, 5.41) is 11.5. The van der Waals surface area contributed by atoms with Gasteiger partial charge in [-0.25, -0.2) is 4.99 Å². The summed E-state index contributed by atoms with van der Waals surface area (Å²) < 4.78 is 11.5. The number of amidine groups is 1. The molecule has 0 radical (unpaired) electrons. The third kappa shape index (κ3) is 7.05. The predicted octanol–water partition coefficient (Wildman–Crippen LogP) is 7.34. The molecule has 0 unspecified atom stereocenters. The maximum absolute atomic E-state index is 13.6. The average molecular weight is 580 g/mol. The lowest BCUT2D eigenvalue weighted by Gasteiger charge is -2.15. The number of hydrogen-bond acceptors (Lipinski definition) is 7. The van der Waals surface area contributed by atoms with Crippen LogP contribution in [0.15, 0.2) is 107 Å². The fourth-order valence-electron chi connectivity index (χ4n) is 4.32. The summed E-state index contributed by atoms with van der Waals surface area (Å²) in [6, 6.07) is 29.7. The lowest BCUT2D eigenvalue weighted by molar-refractivity contribution is -0.384. The minimum Gasteiger partial charge on any atom is -0.493 e. The minimum absolute atomic E-state index is 0.0266. The van der Waals surface area contributed by atoms with Crippen molar-refractivity contribution in [2.45, 2.75) is 20.0 Å². The van der Waals surface area contributed by atoms with Gasteiger partial charge in [0.25, 0.3) is 11.6 Å². The van der Waals surface area contributed by atoms with Gasteiger partial charge in [-0.15, -0.1) is 0 Å². The van der Waals surface area contributed by atoms with Crippen molar-refractivity contribution in [3.05, 3.63) is 134 Å². The highest BCUT2D eigenvalue weighted by Gasteiger charge is 2.33. The van der Waals surface area contributed by atoms with Crippen LogP contribution in [0.4, 0.5) is 11.4 Å². The van der Waals surface area contributed by atoms with Crippen LogP contribution in [0.5, 0.6) is 11.5 Å². The number of ether oxygens (including phenoxy) is 2. The van der Waals surface area contributed by atoms with Gasteiger partial charge in [-0.3, -0.25) is 19.8 Å². The molecule has 8 nitrogen and oxygen atoms in total. The first kappa shape index (κ1) is 28.6. The van der Waals surface area contributed by atoms with E-state index in [1.807, 2.05) is 67.6 Å². The van der Waals surface area contributed by atoms with Gasteiger partial charge in [0.2, 0.25) is 0 Å². The van der Waals surface area contributed by atoms with Crippen LogP contribution in [0.1, 0.15) is 22.3 Å². The molecule has 0 aromatic heterocycles. The summed E-state index contributed by atoms with van der Waals surface area (Å²) in [4.78, 5) is 31.2. The van der Waals surface area contributed by atoms with Crippen LogP contribution in [0.25, 0.3) is 6.08 Å². The molecule has 0 bridgehead atoms. The fourth-order valence-corrected chi connectivity index (χ4v) is 5.35. The first-order chi connectivity index (χ1) is 20.4. The Balaban J connectivity index is 1.35. The van der Waals surface area contributed by atoms with Crippen molar-refractivity contribution >= 4 is 40.3 Å². The molecule has 1 fully saturated rings. The molecule has 212 valence electrons. The van der Waals surface area contributed by atoms with Crippen molar-refractivity contribution < 1.29 is 19.2 Å². The lowest BCUT2D eigenvalue weighted by Crippen LogP contribution is -2.31. The molecule has 1 aliphatic rings. The number of rotatable bonds is 10. The first-order valence-electron chi connectivity index (χ1n) is 13.3. The zero-order valence-corrected chi connectivity index (χ0v) is 24.0. The topological polar surface area (TPSA) is 94.3 Å². The highest BCUT2D eigenvalue weighted by atomic mass is 32.2. The number of nitrogens with zero attached hydrogens (tertiary/aromatic N) is 3. The van der Waals surface area contributed by atoms with Crippen LogP contribution < -0.4 is 9.47 Å². The molecular formula is C33H29N3O5S. The van der Waals surface area contributed by atoms with E-state index in [1.54, 1.807) is 30.2 Å². The molecular weight excluding hydrogens is 550 g/mol. The molecule has 1 heterocycles. The summed E-state index contributed by atoms with van der Waals surface area (Å²) >= 11 is 1.35. The summed E-state index contributed by atoms with van der Waals surface area (Å²) in [5.41, 5.74) is 4.68. The number of aliphatic imine (C=N–C) groups is 1. The molecule has 0 spiro atoms. The summed E-state index contributed by atoms with van der Waals surface area (Å²) in [7, 11) is 1.55. The molecule has 5 rings (SSSR count). The predicted molar refractivity (Wildman–Crippen MR) is 166 cm³/mol. The van der Waals surface area contributed by atoms with Crippen molar-refractivity contribution in [1.29, 1.82) is 0 Å². The van der Waals surface area contributed by atoms with Gasteiger partial charge in [0.05, 0.1) is 22.6 Å². The highest BCUT2D eigenvalue weighted by Crippen LogP contribution is 2.36. The molecule has 0 aliphatic carbocycles. The molecule has 4 aromatic carbocycles. The van der Waals surface area contributed by atoms with Gasteiger partial charge in [0, 0.05) is 18.7 Å². The van der Waals surface area contributed by atoms with Crippen molar-refractivity contribution in [3.63, 3.8) is 0 Å². The number of thioether (sulfide) groups is 1. The third-order valence-electron chi connectivity index (χ3n) is 6.64. The first-order valence-corrected chi connectivity index (χ1v) is 14.2. The van der Waals surface area contributed by atoms with Crippen LogP contribution in [0, 0.1) is 17.0 Å². The minimum atomic E-state index is -0.436. The number of carbonyl (C=O) groups is 1. The lowest BCUT2D eigenvalue weighted by atomic mass is 10.1. The highest BCUT2D eigenvalue weighted by molar-refractivity contribution is 8.18. The van der Waals surface area contributed by atoms with Crippen molar-refractivity contribution in [2.24, 2.45) is 4.99 Å². The largest absolute Gasteiger partial charge is 0.493 e. The number of aryl methyl sites for hydroxylation is 1. The normalized spacial score (nSPS) is 14.9. The van der Waals surface area contributed by atoms with Crippen LogP contribution in [0.2, 0.25) is 0 Å². The van der Waals surface area contributed by atoms with E-state index < -0.39 is 4.92 Å². The van der Waals surface area contributed by atoms with E-state index in [0.29, 0.717) is 34.5 Å². The second kappa shape index (κ2) is 13.2. The van der Waals surface area contributed by atoms with E-state index >= 15 is 0 Å². The van der Waals surface area contributed by atoms with Crippen molar-refractivity contribution in [3.8, 4) is 11.5 Å². The maximum Gasteiger partial charge on any atom is 0.269 e. The van der Waals surface area contributed by atoms with E-state index in [0.717, 1.165) is 27.9 Å². The molecule has 4 aromatic rings. The van der Waals surface area contributed by atoms with Gasteiger partial charge in [0.1, 0.15) is 6.61 Å². The van der Waals surface area contributed by atoms with Gasteiger partial charge in [-0.1, -0.05) is 54.1 Å². The average Bonchev–Trinajstić information content (AvgIpc) is 3.29. The number of nitro benzene ring substituents is 1. The van der Waals surface area contributed by atoms with Gasteiger partial charge in [-0.2, -0.15) is 0 Å². The zero-order chi connectivity index (χ0) is 29.5. The van der Waals surface area contributed by atoms with Crippen LogP contribution in [-0.4, -0.2) is 34.6 Å². The molecule has 0 N–H and O–H groups in total. The Morgan fingerprint density at radius 2 is 1.67 bits per heavy atom. The number of hydrogen-bond donors (Lipinski definition) is 0. The van der Waals surface area contributed by atoms with Gasteiger partial charge in [-0.05, 0) is 84.3 Å². The number of non-ortho nitro benzene ring substituents is 1. The Hall–Kier alpha value is -4.89. The Kier molecular flexibility index (Phi) is 8.99. The molecule has 0 saturated carbocycles. The smallest absolute Gasteiger partial charge is 0.269 e. The Labute approximate surface area is 248 Å². The number of nitro groups is 1. The molecule has 42 heavy (non-hydrogen) atoms. The van der Waals surface area contributed by atoms with Gasteiger partial charge in [0.15, 0.2) is 16.7 Å². The number of methoxy groups -OCH3 is 1. The van der Waals surface area contributed by atoms with E-state index in [2.05, 4.69) is 12.1 Å². The Morgan fingerprint density at radius 1 is 0.929 bits per heavy atom. The second-order valence-corrected chi connectivity index (χ2v) is 10.7. The standard InChI is InChI=1S/C33H29N3O5S/c1-23-8-13-27(14-9-23)34-33-35(19-18-24-6-4-3-5-7-24)32(37)31(42-33)21-26-12-17-29(30(20-26)40-2)41-22-25-10-15-28(16-11-25)36(38)39/h3-17,20-21H,18-19,22H2,1-2H3/b31-21+,34-33?. The zero-order valence-electron chi connectivity index (χ0n) is 23.2. The van der Waals surface area contributed by atoms with E-state index in [9.17, 15) is 14.9 Å². The molecule has 1 amide bonds. The Morgan fingerprint density at radius 3 is 2.36 bits per heavy atom. The number of amides is 1. The number of carbonyl (C=O) groups excluding carboxylic acids is 1. The van der Waals surface area contributed by atoms with Crippen molar-refractivity contribution in [2.75, 3.05) is 13.7 Å². The monoisotopic (exact) mass is 579 g/mol.